The van der Waals surface area contributed by atoms with E-state index in [1.54, 1.807) is 18.2 Å². The Bertz CT molecular complexity index is 904. The van der Waals surface area contributed by atoms with Crippen molar-refractivity contribution in [1.82, 2.24) is 4.98 Å². The molecular formula is C19H15Cl2N3O2. The van der Waals surface area contributed by atoms with Crippen LogP contribution in [0.25, 0.3) is 0 Å². The zero-order chi connectivity index (χ0) is 18.4. The Kier molecular flexibility index (Phi) is 5.94. The van der Waals surface area contributed by atoms with E-state index in [0.717, 1.165) is 5.69 Å². The molecule has 3 aromatic rings. The Morgan fingerprint density at radius 1 is 1.04 bits per heavy atom. The number of rotatable bonds is 6. The minimum atomic E-state index is -0.173. The van der Waals surface area contributed by atoms with Crippen molar-refractivity contribution in [3.63, 3.8) is 0 Å². The molecule has 3 rings (SSSR count). The van der Waals surface area contributed by atoms with E-state index in [1.807, 2.05) is 42.5 Å². The first-order valence-corrected chi connectivity index (χ1v) is 8.54. The summed E-state index contributed by atoms with van der Waals surface area (Å²) in [4.78, 5) is 16.2. The molecule has 0 atom stereocenters. The summed E-state index contributed by atoms with van der Waals surface area (Å²) >= 11 is 11.9. The molecule has 0 unspecified atom stereocenters. The molecule has 0 aliphatic carbocycles. The van der Waals surface area contributed by atoms with Crippen LogP contribution >= 0.6 is 23.2 Å². The van der Waals surface area contributed by atoms with Gasteiger partial charge in [0.15, 0.2) is 5.75 Å². The molecular weight excluding hydrogens is 373 g/mol. The van der Waals surface area contributed by atoms with Crippen molar-refractivity contribution in [3.05, 3.63) is 76.9 Å². The third-order valence-electron chi connectivity index (χ3n) is 3.36. The van der Waals surface area contributed by atoms with Crippen LogP contribution in [-0.2, 0) is 4.79 Å². The fourth-order valence-electron chi connectivity index (χ4n) is 2.19. The van der Waals surface area contributed by atoms with Crippen molar-refractivity contribution in [2.45, 2.75) is 0 Å². The summed E-state index contributed by atoms with van der Waals surface area (Å²) in [7, 11) is 0. The lowest BCUT2D eigenvalue weighted by Crippen LogP contribution is -2.21. The summed E-state index contributed by atoms with van der Waals surface area (Å²) < 4.78 is 5.75. The predicted molar refractivity (Wildman–Crippen MR) is 104 cm³/mol. The topological polar surface area (TPSA) is 63.2 Å². The van der Waals surface area contributed by atoms with Gasteiger partial charge in [-0.3, -0.25) is 4.79 Å². The number of pyridine rings is 1. The van der Waals surface area contributed by atoms with Crippen LogP contribution < -0.4 is 15.4 Å². The first-order chi connectivity index (χ1) is 12.6. The molecule has 2 aromatic carbocycles. The molecule has 1 heterocycles. The third kappa shape index (κ3) is 4.88. The van der Waals surface area contributed by atoms with Gasteiger partial charge in [-0.25, -0.2) is 4.98 Å². The summed E-state index contributed by atoms with van der Waals surface area (Å²) in [5.74, 6) is 0.560. The highest BCUT2D eigenvalue weighted by Crippen LogP contribution is 2.33. The maximum atomic E-state index is 12.1. The van der Waals surface area contributed by atoms with Crippen LogP contribution in [0.3, 0.4) is 0 Å². The van der Waals surface area contributed by atoms with Crippen molar-refractivity contribution in [2.75, 3.05) is 17.2 Å². The van der Waals surface area contributed by atoms with E-state index in [1.165, 1.54) is 6.20 Å². The van der Waals surface area contributed by atoms with Crippen molar-refractivity contribution in [1.29, 1.82) is 0 Å². The molecule has 7 heteroatoms. The van der Waals surface area contributed by atoms with Crippen molar-refractivity contribution < 1.29 is 9.53 Å². The van der Waals surface area contributed by atoms with Crippen LogP contribution in [0.2, 0.25) is 10.0 Å². The molecule has 0 spiro atoms. The van der Waals surface area contributed by atoms with Crippen LogP contribution in [-0.4, -0.2) is 17.4 Å². The van der Waals surface area contributed by atoms with Gasteiger partial charge in [0.1, 0.15) is 5.02 Å². The van der Waals surface area contributed by atoms with E-state index < -0.39 is 0 Å². The maximum Gasteiger partial charge on any atom is 0.243 e. The summed E-state index contributed by atoms with van der Waals surface area (Å²) in [5, 5.41) is 6.58. The molecule has 26 heavy (non-hydrogen) atoms. The second kappa shape index (κ2) is 8.56. The molecule has 0 fully saturated rings. The van der Waals surface area contributed by atoms with E-state index in [4.69, 9.17) is 27.9 Å². The average molecular weight is 388 g/mol. The van der Waals surface area contributed by atoms with Gasteiger partial charge >= 0.3 is 0 Å². The number of carbonyl (C=O) groups excluding carboxylic acids is 1. The number of nitrogens with zero attached hydrogens (tertiary/aromatic N) is 1. The van der Waals surface area contributed by atoms with Gasteiger partial charge in [-0.15, -0.1) is 0 Å². The minimum Gasteiger partial charge on any atom is -0.435 e. The maximum absolute atomic E-state index is 12.1. The zero-order valence-electron chi connectivity index (χ0n) is 13.6. The number of nitrogens with one attached hydrogen (secondary N) is 2. The fourth-order valence-corrected chi connectivity index (χ4v) is 2.60. The number of carbonyl (C=O) groups is 1. The summed E-state index contributed by atoms with van der Waals surface area (Å²) in [6.45, 7) is 0.0804. The van der Waals surface area contributed by atoms with E-state index >= 15 is 0 Å². The molecule has 5 nitrogen and oxygen atoms in total. The smallest absolute Gasteiger partial charge is 0.243 e. The summed E-state index contributed by atoms with van der Waals surface area (Å²) in [6.07, 6.45) is 1.45. The van der Waals surface area contributed by atoms with Gasteiger partial charge in [0.2, 0.25) is 11.8 Å². The van der Waals surface area contributed by atoms with Crippen LogP contribution in [0.1, 0.15) is 0 Å². The molecule has 0 radical (unpaired) electrons. The quantitative estimate of drug-likeness (QED) is 0.607. The number of aromatic nitrogens is 1. The Morgan fingerprint density at radius 2 is 1.77 bits per heavy atom. The molecule has 1 aromatic heterocycles. The normalized spacial score (nSPS) is 10.2. The highest BCUT2D eigenvalue weighted by molar-refractivity contribution is 6.35. The first kappa shape index (κ1) is 18.0. The second-order valence-electron chi connectivity index (χ2n) is 5.31. The highest BCUT2D eigenvalue weighted by Gasteiger charge is 2.10. The standard InChI is InChI=1S/C19H15Cl2N3O2/c20-13-10-15(21)19(23-11-13)26-17-9-5-4-8-16(17)22-12-18(25)24-14-6-2-1-3-7-14/h1-11,22H,12H2,(H,24,25). The van der Waals surface area contributed by atoms with Crippen LogP contribution in [0.15, 0.2) is 66.9 Å². The number of para-hydroxylation sites is 3. The van der Waals surface area contributed by atoms with E-state index in [0.29, 0.717) is 21.5 Å². The summed E-state index contributed by atoms with van der Waals surface area (Å²) in [5.41, 5.74) is 1.38. The van der Waals surface area contributed by atoms with E-state index in [9.17, 15) is 4.79 Å². The van der Waals surface area contributed by atoms with Gasteiger partial charge in [0, 0.05) is 11.9 Å². The van der Waals surface area contributed by atoms with Crippen LogP contribution in [0, 0.1) is 0 Å². The van der Waals surface area contributed by atoms with Crippen molar-refractivity contribution in [2.24, 2.45) is 0 Å². The molecule has 1 amide bonds. The lowest BCUT2D eigenvalue weighted by molar-refractivity contribution is -0.114. The SMILES string of the molecule is O=C(CNc1ccccc1Oc1ncc(Cl)cc1Cl)Nc1ccccc1. The van der Waals surface area contributed by atoms with Gasteiger partial charge in [-0.2, -0.15) is 0 Å². The van der Waals surface area contributed by atoms with Gasteiger partial charge < -0.3 is 15.4 Å². The molecule has 0 saturated carbocycles. The van der Waals surface area contributed by atoms with Gasteiger partial charge in [-0.05, 0) is 30.3 Å². The Labute approximate surface area is 160 Å². The van der Waals surface area contributed by atoms with Crippen LogP contribution in [0.4, 0.5) is 11.4 Å². The lowest BCUT2D eigenvalue weighted by Gasteiger charge is -2.13. The minimum absolute atomic E-state index is 0.0804. The predicted octanol–water partition coefficient (Wildman–Crippen LogP) is 5.23. The zero-order valence-corrected chi connectivity index (χ0v) is 15.1. The molecule has 0 saturated heterocycles. The number of amides is 1. The van der Waals surface area contributed by atoms with Crippen molar-refractivity contribution in [3.8, 4) is 11.6 Å². The van der Waals surface area contributed by atoms with E-state index in [2.05, 4.69) is 15.6 Å². The van der Waals surface area contributed by atoms with Crippen molar-refractivity contribution >= 4 is 40.5 Å². The molecule has 0 aliphatic heterocycles. The fraction of sp³-hybridized carbons (Fsp3) is 0.0526. The third-order valence-corrected chi connectivity index (χ3v) is 3.84. The number of benzene rings is 2. The average Bonchev–Trinajstić information content (AvgIpc) is 2.64. The molecule has 132 valence electrons. The number of halogens is 2. The van der Waals surface area contributed by atoms with E-state index in [-0.39, 0.29) is 18.3 Å². The molecule has 0 bridgehead atoms. The molecule has 0 aliphatic rings. The summed E-state index contributed by atoms with van der Waals surface area (Å²) in [6, 6.07) is 18.0. The Hall–Kier alpha value is -2.76. The monoisotopic (exact) mass is 387 g/mol. The van der Waals surface area contributed by atoms with Crippen LogP contribution in [0.5, 0.6) is 11.6 Å². The molecule has 2 N–H and O–H groups in total. The number of anilines is 2. The first-order valence-electron chi connectivity index (χ1n) is 7.78. The number of hydrogen-bond acceptors (Lipinski definition) is 4. The van der Waals surface area contributed by atoms with Gasteiger partial charge in [0.25, 0.3) is 0 Å². The number of hydrogen-bond donors (Lipinski definition) is 2. The Balaban J connectivity index is 1.66. The Morgan fingerprint density at radius 3 is 2.54 bits per heavy atom. The highest BCUT2D eigenvalue weighted by atomic mass is 35.5. The lowest BCUT2D eigenvalue weighted by atomic mass is 10.3. The number of ether oxygens (including phenoxy) is 1. The van der Waals surface area contributed by atoms with Gasteiger partial charge in [0.05, 0.1) is 17.3 Å². The second-order valence-corrected chi connectivity index (χ2v) is 6.15. The largest absolute Gasteiger partial charge is 0.435 e. The van der Waals surface area contributed by atoms with Gasteiger partial charge in [-0.1, -0.05) is 53.5 Å².